The third-order valence-electron chi connectivity index (χ3n) is 2.17. The smallest absolute Gasteiger partial charge is 0.387 e. The van der Waals surface area contributed by atoms with Gasteiger partial charge in [-0.1, -0.05) is 12.1 Å². The zero-order valence-corrected chi connectivity index (χ0v) is 8.52. The van der Waals surface area contributed by atoms with Gasteiger partial charge in [-0.2, -0.15) is 8.78 Å². The van der Waals surface area contributed by atoms with Crippen LogP contribution in [0.4, 0.5) is 19.3 Å². The van der Waals surface area contributed by atoms with Crippen LogP contribution >= 0.6 is 0 Å². The van der Waals surface area contributed by atoms with E-state index in [4.69, 9.17) is 0 Å². The highest BCUT2D eigenvalue weighted by molar-refractivity contribution is 6.20. The van der Waals surface area contributed by atoms with Crippen LogP contribution in [0.2, 0.25) is 0 Å². The number of hydrogen-bond acceptors (Lipinski definition) is 3. The van der Waals surface area contributed by atoms with E-state index in [0.29, 0.717) is 0 Å². The zero-order chi connectivity index (χ0) is 12.4. The van der Waals surface area contributed by atoms with Crippen LogP contribution in [-0.2, 0) is 4.79 Å². The molecule has 1 fully saturated rings. The number of alkyl halides is 2. The number of urea groups is 1. The van der Waals surface area contributed by atoms with Gasteiger partial charge in [0, 0.05) is 0 Å². The third-order valence-corrected chi connectivity index (χ3v) is 2.17. The van der Waals surface area contributed by atoms with Crippen LogP contribution < -0.4 is 15.0 Å². The molecule has 1 heterocycles. The van der Waals surface area contributed by atoms with Crippen molar-refractivity contribution in [2.45, 2.75) is 6.61 Å². The minimum atomic E-state index is -3.02. The van der Waals surface area contributed by atoms with Crippen molar-refractivity contribution in [3.05, 3.63) is 24.3 Å². The maximum absolute atomic E-state index is 12.2. The van der Waals surface area contributed by atoms with Crippen LogP contribution in [0.3, 0.4) is 0 Å². The van der Waals surface area contributed by atoms with Gasteiger partial charge in [-0.15, -0.1) is 0 Å². The summed E-state index contributed by atoms with van der Waals surface area (Å²) in [5.74, 6) is -0.729. The first-order valence-electron chi connectivity index (χ1n) is 4.74. The average Bonchev–Trinajstić information content (AvgIpc) is 2.59. The van der Waals surface area contributed by atoms with E-state index in [2.05, 4.69) is 10.1 Å². The maximum Gasteiger partial charge on any atom is 0.387 e. The fraction of sp³-hybridized carbons (Fsp3) is 0.200. The Morgan fingerprint density at radius 2 is 2.00 bits per heavy atom. The van der Waals surface area contributed by atoms with Crippen LogP contribution in [0.15, 0.2) is 24.3 Å². The van der Waals surface area contributed by atoms with Crippen molar-refractivity contribution in [2.24, 2.45) is 0 Å². The molecule has 1 aromatic carbocycles. The zero-order valence-electron chi connectivity index (χ0n) is 8.52. The van der Waals surface area contributed by atoms with E-state index in [1.807, 2.05) is 0 Å². The van der Waals surface area contributed by atoms with Gasteiger partial charge >= 0.3 is 12.6 Å². The van der Waals surface area contributed by atoms with Crippen molar-refractivity contribution in [3.63, 3.8) is 0 Å². The van der Waals surface area contributed by atoms with Gasteiger partial charge in [0.05, 0.1) is 12.2 Å². The number of imide groups is 1. The number of benzene rings is 1. The number of rotatable bonds is 3. The summed E-state index contributed by atoms with van der Waals surface area (Å²) >= 11 is 0. The second kappa shape index (κ2) is 4.36. The van der Waals surface area contributed by atoms with E-state index >= 15 is 0 Å². The molecule has 0 atom stereocenters. The Hall–Kier alpha value is -2.18. The van der Waals surface area contributed by atoms with Crippen molar-refractivity contribution in [3.8, 4) is 5.75 Å². The number of ether oxygens (including phenoxy) is 1. The molecule has 17 heavy (non-hydrogen) atoms. The summed E-state index contributed by atoms with van der Waals surface area (Å²) in [5.41, 5.74) is 0.00722. The van der Waals surface area contributed by atoms with E-state index in [-0.39, 0.29) is 18.0 Å². The number of nitrogens with zero attached hydrogens (tertiary/aromatic N) is 1. The lowest BCUT2D eigenvalue weighted by Crippen LogP contribution is -2.31. The molecule has 90 valence electrons. The van der Waals surface area contributed by atoms with Crippen molar-refractivity contribution >= 4 is 17.6 Å². The number of amides is 3. The lowest BCUT2D eigenvalue weighted by molar-refractivity contribution is -0.116. The van der Waals surface area contributed by atoms with Gasteiger partial charge in [-0.05, 0) is 12.1 Å². The molecule has 1 saturated heterocycles. The molecule has 3 amide bonds. The summed E-state index contributed by atoms with van der Waals surface area (Å²) in [6.07, 6.45) is 0. The Balaban J connectivity index is 2.37. The van der Waals surface area contributed by atoms with Crippen molar-refractivity contribution in [2.75, 3.05) is 11.4 Å². The summed E-state index contributed by atoms with van der Waals surface area (Å²) in [6, 6.07) is 4.97. The van der Waals surface area contributed by atoms with Gasteiger partial charge in [0.15, 0.2) is 0 Å². The second-order valence-corrected chi connectivity index (χ2v) is 3.23. The molecule has 0 aromatic heterocycles. The number of carbonyl (C=O) groups excluding carboxylic acids is 2. The SMILES string of the molecule is O=C1CNC(=O)N1c1ccccc1OC(F)F. The Labute approximate surface area is 95.0 Å². The van der Waals surface area contributed by atoms with Gasteiger partial charge in [-0.25, -0.2) is 9.69 Å². The largest absolute Gasteiger partial charge is 0.433 e. The Bertz CT molecular complexity index is 449. The summed E-state index contributed by atoms with van der Waals surface area (Å²) in [7, 11) is 0. The molecule has 0 saturated carbocycles. The predicted molar refractivity (Wildman–Crippen MR) is 54.0 cm³/mol. The summed E-state index contributed by atoms with van der Waals surface area (Å²) < 4.78 is 28.6. The molecule has 7 heteroatoms. The predicted octanol–water partition coefficient (Wildman–Crippen LogP) is 1.34. The van der Waals surface area contributed by atoms with Crippen molar-refractivity contribution < 1.29 is 23.1 Å². The van der Waals surface area contributed by atoms with Crippen molar-refractivity contribution in [1.82, 2.24) is 5.32 Å². The van der Waals surface area contributed by atoms with Crippen LogP contribution in [0.25, 0.3) is 0 Å². The molecule has 1 N–H and O–H groups in total. The van der Waals surface area contributed by atoms with Gasteiger partial charge < -0.3 is 10.1 Å². The fourth-order valence-electron chi connectivity index (χ4n) is 1.50. The molecule has 2 rings (SSSR count). The number of halogens is 2. The molecule has 0 radical (unpaired) electrons. The van der Waals surface area contributed by atoms with Crippen molar-refractivity contribution in [1.29, 1.82) is 0 Å². The second-order valence-electron chi connectivity index (χ2n) is 3.23. The topological polar surface area (TPSA) is 58.6 Å². The van der Waals surface area contributed by atoms with E-state index < -0.39 is 18.5 Å². The lowest BCUT2D eigenvalue weighted by atomic mass is 10.2. The van der Waals surface area contributed by atoms with Gasteiger partial charge in [0.25, 0.3) is 5.91 Å². The number of nitrogens with one attached hydrogen (secondary N) is 1. The fourth-order valence-corrected chi connectivity index (χ4v) is 1.50. The maximum atomic E-state index is 12.2. The molecule has 0 bridgehead atoms. The quantitative estimate of drug-likeness (QED) is 0.814. The first kappa shape index (κ1) is 11.3. The monoisotopic (exact) mass is 242 g/mol. The molecule has 0 spiro atoms. The van der Waals surface area contributed by atoms with Crippen LogP contribution in [-0.4, -0.2) is 25.1 Å². The van der Waals surface area contributed by atoms with Crippen LogP contribution in [0.1, 0.15) is 0 Å². The first-order valence-corrected chi connectivity index (χ1v) is 4.74. The van der Waals surface area contributed by atoms with Gasteiger partial charge in [-0.3, -0.25) is 4.79 Å². The van der Waals surface area contributed by atoms with E-state index in [1.165, 1.54) is 24.3 Å². The molecule has 5 nitrogen and oxygen atoms in total. The molecular formula is C10H8F2N2O3. The summed E-state index contributed by atoms with van der Waals surface area (Å²) in [5, 5.41) is 2.29. The van der Waals surface area contributed by atoms with E-state index in [9.17, 15) is 18.4 Å². The number of hydrogen-bond donors (Lipinski definition) is 1. The normalized spacial score (nSPS) is 15.4. The number of para-hydroxylation sites is 2. The van der Waals surface area contributed by atoms with E-state index in [1.54, 1.807) is 0 Å². The molecular weight excluding hydrogens is 234 g/mol. The Morgan fingerprint density at radius 1 is 1.29 bits per heavy atom. The molecule has 1 aliphatic rings. The molecule has 0 unspecified atom stereocenters. The number of carbonyl (C=O) groups is 2. The highest BCUT2D eigenvalue weighted by Crippen LogP contribution is 2.30. The first-order chi connectivity index (χ1) is 8.09. The molecule has 0 aliphatic carbocycles. The minimum Gasteiger partial charge on any atom is -0.433 e. The Kier molecular flexibility index (Phi) is 2.90. The van der Waals surface area contributed by atoms with Crippen LogP contribution in [0, 0.1) is 0 Å². The molecule has 1 aliphatic heterocycles. The average molecular weight is 242 g/mol. The standard InChI is InChI=1S/C10H8F2N2O3/c11-9(12)17-7-4-2-1-3-6(7)14-8(15)5-13-10(14)16/h1-4,9H,5H2,(H,13,16). The number of anilines is 1. The highest BCUT2D eigenvalue weighted by Gasteiger charge is 2.32. The Morgan fingerprint density at radius 3 is 2.59 bits per heavy atom. The highest BCUT2D eigenvalue weighted by atomic mass is 19.3. The lowest BCUT2D eigenvalue weighted by Gasteiger charge is -2.16. The van der Waals surface area contributed by atoms with Gasteiger partial charge in [0.1, 0.15) is 5.75 Å². The summed E-state index contributed by atoms with van der Waals surface area (Å²) in [4.78, 5) is 23.6. The third kappa shape index (κ3) is 2.17. The molecule has 1 aromatic rings. The van der Waals surface area contributed by atoms with Gasteiger partial charge in [0.2, 0.25) is 0 Å². The minimum absolute atomic E-state index is 0.00722. The summed E-state index contributed by atoms with van der Waals surface area (Å²) in [6.45, 7) is -3.17. The van der Waals surface area contributed by atoms with E-state index in [0.717, 1.165) is 4.90 Å². The van der Waals surface area contributed by atoms with Crippen LogP contribution in [0.5, 0.6) is 5.75 Å².